The quantitative estimate of drug-likeness (QED) is 0.831. The van der Waals surface area contributed by atoms with Crippen LogP contribution in [-0.4, -0.2) is 35.7 Å². The lowest BCUT2D eigenvalue weighted by atomic mass is 9.85. The molecule has 0 bridgehead atoms. The van der Waals surface area contributed by atoms with E-state index in [2.05, 4.69) is 23.0 Å². The molecule has 2 saturated heterocycles. The number of rotatable bonds is 3. The van der Waals surface area contributed by atoms with Gasteiger partial charge in [0.25, 0.3) is 5.91 Å². The number of piperidine rings is 1. The minimum absolute atomic E-state index is 0.0103. The Kier molecular flexibility index (Phi) is 4.41. The van der Waals surface area contributed by atoms with E-state index in [1.54, 1.807) is 12.1 Å². The lowest BCUT2D eigenvalue weighted by Crippen LogP contribution is -2.47. The summed E-state index contributed by atoms with van der Waals surface area (Å²) in [6, 6.07) is 14.5. The third-order valence-electron chi connectivity index (χ3n) is 5.12. The molecule has 4 rings (SSSR count). The van der Waals surface area contributed by atoms with Gasteiger partial charge in [-0.25, -0.2) is 5.43 Å². The molecule has 5 nitrogen and oxygen atoms in total. The Labute approximate surface area is 151 Å². The van der Waals surface area contributed by atoms with Crippen LogP contribution >= 0.6 is 11.3 Å². The predicted octanol–water partition coefficient (Wildman–Crippen LogP) is 2.63. The Morgan fingerprint density at radius 2 is 1.84 bits per heavy atom. The number of benzene rings is 1. The number of nitrogens with one attached hydrogen (secondary N) is 2. The third kappa shape index (κ3) is 3.13. The standard InChI is InChI=1S/C19H21N3O2S/c1-12(23)16-7-8-17(25-16)19(24)22-10-9-15-14(11-22)18(21-20-15)13-5-3-2-4-6-13/h2-8,14-15,18,20-21H,9-11H2,1H3. The number of hydrogen-bond acceptors (Lipinski definition) is 5. The van der Waals surface area contributed by atoms with Crippen LogP contribution < -0.4 is 10.9 Å². The molecule has 25 heavy (non-hydrogen) atoms. The molecule has 2 aliphatic rings. The van der Waals surface area contributed by atoms with Crippen molar-refractivity contribution in [3.63, 3.8) is 0 Å². The summed E-state index contributed by atoms with van der Waals surface area (Å²) in [6.07, 6.45) is 0.928. The Morgan fingerprint density at radius 3 is 2.56 bits per heavy atom. The number of carbonyl (C=O) groups is 2. The molecule has 2 fully saturated rings. The van der Waals surface area contributed by atoms with E-state index in [9.17, 15) is 9.59 Å². The average molecular weight is 355 g/mol. The van der Waals surface area contributed by atoms with Crippen LogP contribution in [0.15, 0.2) is 42.5 Å². The van der Waals surface area contributed by atoms with Crippen molar-refractivity contribution in [3.8, 4) is 0 Å². The summed E-state index contributed by atoms with van der Waals surface area (Å²) in [5.74, 6) is 0.387. The van der Waals surface area contributed by atoms with E-state index >= 15 is 0 Å². The maximum atomic E-state index is 12.9. The minimum Gasteiger partial charge on any atom is -0.337 e. The summed E-state index contributed by atoms with van der Waals surface area (Å²) >= 11 is 1.29. The number of thiophene rings is 1. The molecular weight excluding hydrogens is 334 g/mol. The van der Waals surface area contributed by atoms with Crippen molar-refractivity contribution < 1.29 is 9.59 Å². The number of nitrogens with zero attached hydrogens (tertiary/aromatic N) is 1. The first-order valence-corrected chi connectivity index (χ1v) is 9.41. The summed E-state index contributed by atoms with van der Waals surface area (Å²) in [6.45, 7) is 2.99. The van der Waals surface area contributed by atoms with E-state index in [1.165, 1.54) is 23.8 Å². The van der Waals surface area contributed by atoms with Gasteiger partial charge in [-0.05, 0) is 31.0 Å². The van der Waals surface area contributed by atoms with Crippen LogP contribution in [0.1, 0.15) is 44.3 Å². The zero-order valence-electron chi connectivity index (χ0n) is 14.1. The summed E-state index contributed by atoms with van der Waals surface area (Å²) in [4.78, 5) is 27.6. The molecule has 130 valence electrons. The Hall–Kier alpha value is -2.02. The Morgan fingerprint density at radius 1 is 1.08 bits per heavy atom. The van der Waals surface area contributed by atoms with Crippen LogP contribution in [0.3, 0.4) is 0 Å². The Balaban J connectivity index is 1.51. The van der Waals surface area contributed by atoms with Gasteiger partial charge in [0.1, 0.15) is 0 Å². The van der Waals surface area contributed by atoms with E-state index in [1.807, 2.05) is 23.1 Å². The lowest BCUT2D eigenvalue weighted by Gasteiger charge is -2.36. The zero-order chi connectivity index (χ0) is 17.4. The van der Waals surface area contributed by atoms with Gasteiger partial charge in [0.2, 0.25) is 0 Å². The summed E-state index contributed by atoms with van der Waals surface area (Å²) in [5.41, 5.74) is 8.04. The molecule has 0 radical (unpaired) electrons. The minimum atomic E-state index is 0.0103. The van der Waals surface area contributed by atoms with E-state index in [4.69, 9.17) is 0 Å². The third-order valence-corrected chi connectivity index (χ3v) is 6.29. The van der Waals surface area contributed by atoms with Gasteiger partial charge >= 0.3 is 0 Å². The molecule has 2 N–H and O–H groups in total. The molecule has 1 aromatic heterocycles. The van der Waals surface area contributed by atoms with E-state index in [0.717, 1.165) is 19.5 Å². The first kappa shape index (κ1) is 16.4. The Bertz CT molecular complexity index is 789. The van der Waals surface area contributed by atoms with Crippen LogP contribution in [0.4, 0.5) is 0 Å². The molecular formula is C19H21N3O2S. The van der Waals surface area contributed by atoms with Crippen LogP contribution in [0.5, 0.6) is 0 Å². The maximum Gasteiger partial charge on any atom is 0.263 e. The van der Waals surface area contributed by atoms with Crippen molar-refractivity contribution in [2.75, 3.05) is 13.1 Å². The van der Waals surface area contributed by atoms with E-state index < -0.39 is 0 Å². The van der Waals surface area contributed by atoms with E-state index in [-0.39, 0.29) is 17.7 Å². The summed E-state index contributed by atoms with van der Waals surface area (Å²) in [7, 11) is 0. The van der Waals surface area contributed by atoms with Crippen molar-refractivity contribution in [1.82, 2.24) is 15.8 Å². The lowest BCUT2D eigenvalue weighted by molar-refractivity contribution is 0.0657. The van der Waals surface area contributed by atoms with Gasteiger partial charge in [-0.1, -0.05) is 30.3 Å². The normalized spacial score (nSPS) is 25.6. The van der Waals surface area contributed by atoms with Crippen molar-refractivity contribution in [3.05, 3.63) is 57.8 Å². The van der Waals surface area contributed by atoms with Gasteiger partial charge in [-0.2, -0.15) is 0 Å². The number of Topliss-reactive ketones (excluding diaryl/α,β-unsaturated/α-hetero) is 1. The van der Waals surface area contributed by atoms with Crippen molar-refractivity contribution in [2.24, 2.45) is 5.92 Å². The molecule has 1 amide bonds. The molecule has 3 atom stereocenters. The molecule has 0 aliphatic carbocycles. The van der Waals surface area contributed by atoms with Crippen LogP contribution in [0, 0.1) is 5.92 Å². The smallest absolute Gasteiger partial charge is 0.263 e. The molecule has 0 spiro atoms. The number of carbonyl (C=O) groups excluding carboxylic acids is 2. The zero-order valence-corrected chi connectivity index (χ0v) is 14.9. The van der Waals surface area contributed by atoms with Crippen LogP contribution in [0.25, 0.3) is 0 Å². The average Bonchev–Trinajstić information content (AvgIpc) is 3.28. The highest BCUT2D eigenvalue weighted by molar-refractivity contribution is 7.15. The summed E-state index contributed by atoms with van der Waals surface area (Å²) < 4.78 is 0. The number of amides is 1. The first-order valence-electron chi connectivity index (χ1n) is 8.59. The molecule has 3 heterocycles. The second-order valence-electron chi connectivity index (χ2n) is 6.71. The van der Waals surface area contributed by atoms with Gasteiger partial charge in [0.05, 0.1) is 15.8 Å². The highest BCUT2D eigenvalue weighted by atomic mass is 32.1. The topological polar surface area (TPSA) is 61.4 Å². The number of hydrogen-bond donors (Lipinski definition) is 2. The highest BCUT2D eigenvalue weighted by Gasteiger charge is 2.41. The van der Waals surface area contributed by atoms with Crippen molar-refractivity contribution >= 4 is 23.0 Å². The fourth-order valence-electron chi connectivity index (χ4n) is 3.78. The second-order valence-corrected chi connectivity index (χ2v) is 7.79. The number of fused-ring (bicyclic) bond motifs is 1. The van der Waals surface area contributed by atoms with Gasteiger partial charge < -0.3 is 4.90 Å². The largest absolute Gasteiger partial charge is 0.337 e. The monoisotopic (exact) mass is 355 g/mol. The SMILES string of the molecule is CC(=O)c1ccc(C(=O)N2CCC3NNC(c4ccccc4)C3C2)s1. The van der Waals surface area contributed by atoms with Crippen molar-refractivity contribution in [2.45, 2.75) is 25.4 Å². The summed E-state index contributed by atoms with van der Waals surface area (Å²) in [5, 5.41) is 0. The predicted molar refractivity (Wildman–Crippen MR) is 97.6 cm³/mol. The number of ketones is 1. The van der Waals surface area contributed by atoms with E-state index in [0.29, 0.717) is 21.7 Å². The number of likely N-dealkylation sites (tertiary alicyclic amines) is 1. The number of hydrazine groups is 1. The molecule has 2 aromatic rings. The highest BCUT2D eigenvalue weighted by Crippen LogP contribution is 2.34. The van der Waals surface area contributed by atoms with Crippen LogP contribution in [-0.2, 0) is 0 Å². The fraction of sp³-hybridized carbons (Fsp3) is 0.368. The molecule has 0 saturated carbocycles. The van der Waals surface area contributed by atoms with Gasteiger partial charge in [0, 0.05) is 25.0 Å². The maximum absolute atomic E-state index is 12.9. The first-order chi connectivity index (χ1) is 12.1. The van der Waals surface area contributed by atoms with Gasteiger partial charge in [-0.3, -0.25) is 15.0 Å². The van der Waals surface area contributed by atoms with Gasteiger partial charge in [-0.15, -0.1) is 11.3 Å². The molecule has 1 aromatic carbocycles. The fourth-order valence-corrected chi connectivity index (χ4v) is 4.65. The van der Waals surface area contributed by atoms with Crippen LogP contribution in [0.2, 0.25) is 0 Å². The van der Waals surface area contributed by atoms with Gasteiger partial charge in [0.15, 0.2) is 5.78 Å². The molecule has 6 heteroatoms. The van der Waals surface area contributed by atoms with Crippen molar-refractivity contribution in [1.29, 1.82) is 0 Å². The molecule has 2 aliphatic heterocycles. The molecule has 3 unspecified atom stereocenters. The second kappa shape index (κ2) is 6.71.